The van der Waals surface area contributed by atoms with Gasteiger partial charge in [-0.05, 0) is 64.8 Å². The number of carbonyl (C=O) groups is 1. The second-order valence-corrected chi connectivity index (χ2v) is 7.91. The number of amides is 1. The first-order valence-corrected chi connectivity index (χ1v) is 11.0. The van der Waals surface area contributed by atoms with Gasteiger partial charge in [0.05, 0.1) is 34.5 Å². The Morgan fingerprint density at radius 3 is 2.73 bits per heavy atom. The van der Waals surface area contributed by atoms with Gasteiger partial charge in [0.2, 0.25) is 0 Å². The molecule has 0 saturated heterocycles. The van der Waals surface area contributed by atoms with Crippen molar-refractivity contribution in [2.45, 2.75) is 13.5 Å². The topological polar surface area (TPSA) is 83.7 Å². The number of halogens is 3. The summed E-state index contributed by atoms with van der Waals surface area (Å²) in [5.41, 5.74) is 3.61. The van der Waals surface area contributed by atoms with Crippen LogP contribution in [0, 0.1) is 17.1 Å². The summed E-state index contributed by atoms with van der Waals surface area (Å²) in [4.78, 5) is 12.2. The van der Waals surface area contributed by atoms with Crippen LogP contribution in [0.3, 0.4) is 0 Å². The smallest absolute Gasteiger partial charge is 0.274 e. The van der Waals surface area contributed by atoms with Crippen molar-refractivity contribution in [2.24, 2.45) is 5.10 Å². The molecule has 0 aliphatic rings. The Labute approximate surface area is 203 Å². The fraction of sp³-hybridized carbons (Fsp3) is 0.125. The third kappa shape index (κ3) is 6.31. The van der Waals surface area contributed by atoms with Gasteiger partial charge in [0.1, 0.15) is 12.4 Å². The molecular weight excluding hydrogens is 513 g/mol. The van der Waals surface area contributed by atoms with Crippen LogP contribution in [0.25, 0.3) is 0 Å². The Bertz CT molecular complexity index is 1240. The number of nitrogens with zero attached hydrogens (tertiary/aromatic N) is 2. The molecule has 0 spiro atoms. The Balaban J connectivity index is 1.74. The molecule has 0 bridgehead atoms. The van der Waals surface area contributed by atoms with Crippen molar-refractivity contribution in [1.29, 1.82) is 5.26 Å². The lowest BCUT2D eigenvalue weighted by Crippen LogP contribution is -2.19. The predicted octanol–water partition coefficient (Wildman–Crippen LogP) is 5.85. The SMILES string of the molecule is CCOc1cc(C=NNC(=O)c2ccc(C#N)cc2F)cc(Br)c1OCc1ccccc1Cl. The van der Waals surface area contributed by atoms with E-state index in [1.807, 2.05) is 31.2 Å². The zero-order chi connectivity index (χ0) is 23.8. The molecule has 3 aromatic carbocycles. The number of benzene rings is 3. The van der Waals surface area contributed by atoms with E-state index in [4.69, 9.17) is 26.3 Å². The van der Waals surface area contributed by atoms with E-state index in [-0.39, 0.29) is 17.7 Å². The third-order valence-electron chi connectivity index (χ3n) is 4.38. The molecule has 0 atom stereocenters. The van der Waals surface area contributed by atoms with Crippen molar-refractivity contribution in [1.82, 2.24) is 5.43 Å². The van der Waals surface area contributed by atoms with Crippen molar-refractivity contribution < 1.29 is 18.7 Å². The molecule has 9 heteroatoms. The Morgan fingerprint density at radius 2 is 2.03 bits per heavy atom. The second-order valence-electron chi connectivity index (χ2n) is 6.65. The van der Waals surface area contributed by atoms with Gasteiger partial charge in [-0.2, -0.15) is 10.4 Å². The van der Waals surface area contributed by atoms with Crippen LogP contribution in [0.1, 0.15) is 34.0 Å². The van der Waals surface area contributed by atoms with Crippen LogP contribution >= 0.6 is 27.5 Å². The van der Waals surface area contributed by atoms with Gasteiger partial charge in [-0.1, -0.05) is 29.8 Å². The van der Waals surface area contributed by atoms with E-state index >= 15 is 0 Å². The quantitative estimate of drug-likeness (QED) is 0.292. The van der Waals surface area contributed by atoms with Crippen LogP contribution in [-0.4, -0.2) is 18.7 Å². The fourth-order valence-electron chi connectivity index (χ4n) is 2.83. The average molecular weight is 531 g/mol. The minimum Gasteiger partial charge on any atom is -0.490 e. The molecule has 0 heterocycles. The summed E-state index contributed by atoms with van der Waals surface area (Å²) in [5, 5.41) is 13.3. The minimum atomic E-state index is -0.803. The summed E-state index contributed by atoms with van der Waals surface area (Å²) in [6.45, 7) is 2.50. The van der Waals surface area contributed by atoms with Crippen LogP contribution < -0.4 is 14.9 Å². The Hall–Kier alpha value is -3.41. The zero-order valence-corrected chi connectivity index (χ0v) is 19.8. The van der Waals surface area contributed by atoms with E-state index in [0.29, 0.717) is 33.2 Å². The number of nitrogens with one attached hydrogen (secondary N) is 1. The number of rotatable bonds is 8. The molecule has 33 heavy (non-hydrogen) atoms. The largest absolute Gasteiger partial charge is 0.490 e. The van der Waals surface area contributed by atoms with Gasteiger partial charge in [-0.15, -0.1) is 0 Å². The highest BCUT2D eigenvalue weighted by Crippen LogP contribution is 2.37. The standard InChI is InChI=1S/C24H18BrClFN3O3/c1-2-32-22-11-16(9-19(25)23(22)33-14-17-5-3-4-6-20(17)26)13-29-30-24(31)18-8-7-15(12-28)10-21(18)27/h3-11,13H,2,14H2,1H3,(H,30,31). The van der Waals surface area contributed by atoms with Crippen LogP contribution in [0.4, 0.5) is 4.39 Å². The number of carbonyl (C=O) groups excluding carboxylic acids is 1. The average Bonchev–Trinajstić information content (AvgIpc) is 2.79. The molecule has 0 aliphatic heterocycles. The van der Waals surface area contributed by atoms with Crippen LogP contribution in [0.5, 0.6) is 11.5 Å². The maximum absolute atomic E-state index is 14.0. The van der Waals surface area contributed by atoms with Gasteiger partial charge in [0, 0.05) is 10.6 Å². The van der Waals surface area contributed by atoms with Gasteiger partial charge in [0.15, 0.2) is 11.5 Å². The fourth-order valence-corrected chi connectivity index (χ4v) is 3.59. The van der Waals surface area contributed by atoms with Crippen molar-refractivity contribution in [2.75, 3.05) is 6.61 Å². The van der Waals surface area contributed by atoms with Gasteiger partial charge >= 0.3 is 0 Å². The molecule has 3 aromatic rings. The maximum atomic E-state index is 14.0. The number of hydrogen-bond donors (Lipinski definition) is 1. The highest BCUT2D eigenvalue weighted by Gasteiger charge is 2.14. The predicted molar refractivity (Wildman–Crippen MR) is 127 cm³/mol. The normalized spacial score (nSPS) is 10.6. The molecule has 1 amide bonds. The van der Waals surface area contributed by atoms with Crippen molar-refractivity contribution >= 4 is 39.7 Å². The van der Waals surface area contributed by atoms with Crippen molar-refractivity contribution in [3.63, 3.8) is 0 Å². The highest BCUT2D eigenvalue weighted by atomic mass is 79.9. The number of hydrazone groups is 1. The summed E-state index contributed by atoms with van der Waals surface area (Å²) >= 11 is 9.67. The first kappa shape index (κ1) is 24.2. The second kappa shape index (κ2) is 11.5. The zero-order valence-electron chi connectivity index (χ0n) is 17.4. The molecule has 1 N–H and O–H groups in total. The van der Waals surface area contributed by atoms with E-state index in [2.05, 4.69) is 26.5 Å². The summed E-state index contributed by atoms with van der Waals surface area (Å²) < 4.78 is 26.2. The van der Waals surface area contributed by atoms with Crippen LogP contribution in [0.2, 0.25) is 5.02 Å². The lowest BCUT2D eigenvalue weighted by Gasteiger charge is -2.15. The van der Waals surface area contributed by atoms with Crippen LogP contribution in [-0.2, 0) is 6.61 Å². The van der Waals surface area contributed by atoms with E-state index in [0.717, 1.165) is 11.6 Å². The lowest BCUT2D eigenvalue weighted by molar-refractivity contribution is 0.0951. The first-order valence-electron chi connectivity index (χ1n) is 9.78. The molecule has 0 aromatic heterocycles. The molecule has 6 nitrogen and oxygen atoms in total. The molecule has 3 rings (SSSR count). The van der Waals surface area contributed by atoms with E-state index in [1.54, 1.807) is 18.2 Å². The summed E-state index contributed by atoms with van der Waals surface area (Å²) in [6, 6.07) is 16.2. The highest BCUT2D eigenvalue weighted by molar-refractivity contribution is 9.10. The third-order valence-corrected chi connectivity index (χ3v) is 5.34. The van der Waals surface area contributed by atoms with Crippen molar-refractivity contribution in [3.05, 3.63) is 92.2 Å². The monoisotopic (exact) mass is 529 g/mol. The molecule has 168 valence electrons. The molecule has 0 fully saturated rings. The summed E-state index contributed by atoms with van der Waals surface area (Å²) in [5.74, 6) is -0.567. The lowest BCUT2D eigenvalue weighted by atomic mass is 10.1. The van der Waals surface area contributed by atoms with Crippen LogP contribution in [0.15, 0.2) is 64.2 Å². The summed E-state index contributed by atoms with van der Waals surface area (Å²) in [7, 11) is 0. The molecule has 0 saturated carbocycles. The molecule has 0 unspecified atom stereocenters. The van der Waals surface area contributed by atoms with E-state index in [1.165, 1.54) is 18.3 Å². The van der Waals surface area contributed by atoms with Gasteiger partial charge in [-0.3, -0.25) is 4.79 Å². The van der Waals surface area contributed by atoms with Gasteiger partial charge < -0.3 is 9.47 Å². The molecular formula is C24H18BrClFN3O3. The maximum Gasteiger partial charge on any atom is 0.274 e. The van der Waals surface area contributed by atoms with Gasteiger partial charge in [-0.25, -0.2) is 9.82 Å². The summed E-state index contributed by atoms with van der Waals surface area (Å²) in [6.07, 6.45) is 1.39. The first-order chi connectivity index (χ1) is 15.9. The van der Waals surface area contributed by atoms with Gasteiger partial charge in [0.25, 0.3) is 5.91 Å². The molecule has 0 radical (unpaired) electrons. The van der Waals surface area contributed by atoms with E-state index in [9.17, 15) is 9.18 Å². The van der Waals surface area contributed by atoms with E-state index < -0.39 is 11.7 Å². The van der Waals surface area contributed by atoms with Crippen molar-refractivity contribution in [3.8, 4) is 17.6 Å². The Morgan fingerprint density at radius 1 is 1.24 bits per heavy atom. The number of nitriles is 1. The minimum absolute atomic E-state index is 0.123. The number of ether oxygens (including phenoxy) is 2. The Kier molecular flexibility index (Phi) is 8.41. The molecule has 0 aliphatic carbocycles. The number of hydrogen-bond acceptors (Lipinski definition) is 5.